The maximum atomic E-state index is 12.7. The number of hydrogen-bond donors (Lipinski definition) is 2. The lowest BCUT2D eigenvalue weighted by Gasteiger charge is -2.07. The standard InChI is InChI=1S/C25H20N4O5/c1-15-7-10-18(11-8-15)26-27-23(17-9-12-20(30)22(14-17)33-2)28-29-24(31)19-13-16-5-3-4-6-21(16)34-25(19)32/h3-14,30H,1-2H3,(H,29,31)/b27-26?,28-23-. The SMILES string of the molecule is COc1cc(/C(N=Nc2ccc(C)cc2)=N/NC(=O)c2cc3ccccc3oc2=O)ccc1O. The first kappa shape index (κ1) is 22.4. The summed E-state index contributed by atoms with van der Waals surface area (Å²) in [5.41, 5.74) is 3.76. The lowest BCUT2D eigenvalue weighted by molar-refractivity contribution is 0.0951. The highest BCUT2D eigenvalue weighted by Gasteiger charge is 2.15. The highest BCUT2D eigenvalue weighted by Crippen LogP contribution is 2.27. The zero-order valence-electron chi connectivity index (χ0n) is 18.4. The molecule has 3 aromatic carbocycles. The van der Waals surface area contributed by atoms with Crippen molar-refractivity contribution >= 4 is 28.4 Å². The number of nitrogens with zero attached hydrogens (tertiary/aromatic N) is 3. The van der Waals surface area contributed by atoms with E-state index in [1.807, 2.05) is 19.1 Å². The molecule has 9 nitrogen and oxygen atoms in total. The number of ether oxygens (including phenoxy) is 1. The lowest BCUT2D eigenvalue weighted by atomic mass is 10.2. The van der Waals surface area contributed by atoms with Gasteiger partial charge in [0.25, 0.3) is 5.91 Å². The van der Waals surface area contributed by atoms with Crippen molar-refractivity contribution < 1.29 is 19.1 Å². The summed E-state index contributed by atoms with van der Waals surface area (Å²) < 4.78 is 10.4. The third kappa shape index (κ3) is 4.99. The van der Waals surface area contributed by atoms with Gasteiger partial charge in [0.05, 0.1) is 12.8 Å². The molecule has 4 rings (SSSR count). The number of benzene rings is 3. The topological polar surface area (TPSA) is 126 Å². The van der Waals surface area contributed by atoms with Gasteiger partial charge in [0.1, 0.15) is 11.1 Å². The molecule has 0 aliphatic heterocycles. The molecule has 1 aromatic heterocycles. The van der Waals surface area contributed by atoms with Gasteiger partial charge >= 0.3 is 5.63 Å². The van der Waals surface area contributed by atoms with E-state index in [0.717, 1.165) is 5.56 Å². The molecule has 170 valence electrons. The summed E-state index contributed by atoms with van der Waals surface area (Å²) in [5, 5.41) is 22.9. The van der Waals surface area contributed by atoms with E-state index in [1.165, 1.54) is 25.3 Å². The molecule has 1 heterocycles. The molecule has 0 saturated carbocycles. The van der Waals surface area contributed by atoms with Crippen LogP contribution in [0.25, 0.3) is 11.0 Å². The van der Waals surface area contributed by atoms with Gasteiger partial charge in [-0.2, -0.15) is 0 Å². The summed E-state index contributed by atoms with van der Waals surface area (Å²) in [7, 11) is 1.41. The Hall–Kier alpha value is -4.79. The zero-order chi connectivity index (χ0) is 24.1. The number of azo groups is 1. The Morgan fingerprint density at radius 2 is 1.79 bits per heavy atom. The van der Waals surface area contributed by atoms with E-state index in [2.05, 4.69) is 20.8 Å². The molecule has 0 atom stereocenters. The van der Waals surface area contributed by atoms with Crippen molar-refractivity contribution in [1.29, 1.82) is 0 Å². The predicted octanol–water partition coefficient (Wildman–Crippen LogP) is 4.69. The number of methoxy groups -OCH3 is 1. The molecule has 4 aromatic rings. The third-order valence-electron chi connectivity index (χ3n) is 4.88. The van der Waals surface area contributed by atoms with Gasteiger partial charge in [-0.05, 0) is 49.4 Å². The fraction of sp³-hybridized carbons (Fsp3) is 0.0800. The number of aromatic hydroxyl groups is 1. The second-order valence-corrected chi connectivity index (χ2v) is 7.28. The van der Waals surface area contributed by atoms with Crippen LogP contribution in [0.3, 0.4) is 0 Å². The smallest absolute Gasteiger partial charge is 0.349 e. The Labute approximate surface area is 194 Å². The predicted molar refractivity (Wildman–Crippen MR) is 127 cm³/mol. The molecule has 1 amide bonds. The van der Waals surface area contributed by atoms with Gasteiger partial charge in [-0.25, -0.2) is 10.2 Å². The first-order valence-corrected chi connectivity index (χ1v) is 10.2. The monoisotopic (exact) mass is 456 g/mol. The number of nitrogens with one attached hydrogen (secondary N) is 1. The van der Waals surface area contributed by atoms with Crippen LogP contribution >= 0.6 is 0 Å². The van der Waals surface area contributed by atoms with Gasteiger partial charge in [-0.1, -0.05) is 35.9 Å². The molecule has 0 spiro atoms. The van der Waals surface area contributed by atoms with Gasteiger partial charge in [-0.3, -0.25) is 4.79 Å². The summed E-state index contributed by atoms with van der Waals surface area (Å²) in [4.78, 5) is 25.0. The van der Waals surface area contributed by atoms with E-state index < -0.39 is 11.5 Å². The Bertz CT molecular complexity index is 1470. The van der Waals surface area contributed by atoms with E-state index in [-0.39, 0.29) is 22.9 Å². The molecule has 34 heavy (non-hydrogen) atoms. The Morgan fingerprint density at radius 3 is 2.56 bits per heavy atom. The molecular formula is C25H20N4O5. The van der Waals surface area contributed by atoms with Crippen LogP contribution < -0.4 is 15.8 Å². The van der Waals surface area contributed by atoms with Crippen molar-refractivity contribution in [2.45, 2.75) is 6.92 Å². The average molecular weight is 456 g/mol. The Balaban J connectivity index is 1.68. The molecule has 0 unspecified atom stereocenters. The van der Waals surface area contributed by atoms with Gasteiger partial charge in [-0.15, -0.1) is 15.3 Å². The summed E-state index contributed by atoms with van der Waals surface area (Å²) >= 11 is 0. The number of phenolic OH excluding ortho intramolecular Hbond substituents is 1. The molecule has 0 radical (unpaired) electrons. The number of para-hydroxylation sites is 1. The normalized spacial score (nSPS) is 11.6. The average Bonchev–Trinajstić information content (AvgIpc) is 2.85. The van der Waals surface area contributed by atoms with Crippen LogP contribution in [-0.2, 0) is 0 Å². The first-order chi connectivity index (χ1) is 16.4. The summed E-state index contributed by atoms with van der Waals surface area (Å²) in [6, 6.07) is 20.1. The highest BCUT2D eigenvalue weighted by molar-refractivity contribution is 6.02. The summed E-state index contributed by atoms with van der Waals surface area (Å²) in [6.45, 7) is 1.95. The van der Waals surface area contributed by atoms with Crippen LogP contribution in [0.5, 0.6) is 11.5 Å². The van der Waals surface area contributed by atoms with Gasteiger partial charge < -0.3 is 14.3 Å². The van der Waals surface area contributed by atoms with E-state index in [1.54, 1.807) is 42.5 Å². The van der Waals surface area contributed by atoms with E-state index in [9.17, 15) is 14.7 Å². The molecule has 0 aliphatic carbocycles. The largest absolute Gasteiger partial charge is 0.504 e. The molecule has 0 fully saturated rings. The van der Waals surface area contributed by atoms with Crippen LogP contribution in [0.1, 0.15) is 21.5 Å². The quantitative estimate of drug-likeness (QED) is 0.148. The Kier molecular flexibility index (Phi) is 6.45. The van der Waals surface area contributed by atoms with Crippen LogP contribution in [-0.4, -0.2) is 24.0 Å². The molecule has 9 heteroatoms. The second-order valence-electron chi connectivity index (χ2n) is 7.28. The number of carbonyl (C=O) groups excluding carboxylic acids is 1. The summed E-state index contributed by atoms with van der Waals surface area (Å²) in [5.74, 6) is -0.623. The number of fused-ring (bicyclic) bond motifs is 1. The fourth-order valence-electron chi connectivity index (χ4n) is 3.06. The maximum Gasteiger partial charge on any atom is 0.349 e. The minimum Gasteiger partial charge on any atom is -0.504 e. The van der Waals surface area contributed by atoms with Crippen molar-refractivity contribution in [3.8, 4) is 11.5 Å². The van der Waals surface area contributed by atoms with Crippen molar-refractivity contribution in [2.75, 3.05) is 7.11 Å². The number of amidine groups is 1. The van der Waals surface area contributed by atoms with Gasteiger partial charge in [0.15, 0.2) is 11.5 Å². The van der Waals surface area contributed by atoms with Crippen molar-refractivity contribution in [1.82, 2.24) is 5.43 Å². The molecular weight excluding hydrogens is 436 g/mol. The van der Waals surface area contributed by atoms with E-state index in [0.29, 0.717) is 22.2 Å². The second kappa shape index (κ2) is 9.78. The van der Waals surface area contributed by atoms with Crippen LogP contribution in [0.4, 0.5) is 5.69 Å². The van der Waals surface area contributed by atoms with Gasteiger partial charge in [0.2, 0.25) is 5.84 Å². The summed E-state index contributed by atoms with van der Waals surface area (Å²) in [6.07, 6.45) is 0. The van der Waals surface area contributed by atoms with Crippen molar-refractivity contribution in [3.63, 3.8) is 0 Å². The van der Waals surface area contributed by atoms with Gasteiger partial charge in [0, 0.05) is 10.9 Å². The number of hydrazone groups is 1. The van der Waals surface area contributed by atoms with Crippen LogP contribution in [0, 0.1) is 6.92 Å². The van der Waals surface area contributed by atoms with Crippen molar-refractivity contribution in [2.24, 2.45) is 15.3 Å². The number of phenols is 1. The number of rotatable bonds is 5. The zero-order valence-corrected chi connectivity index (χ0v) is 18.4. The van der Waals surface area contributed by atoms with E-state index in [4.69, 9.17) is 9.15 Å². The maximum absolute atomic E-state index is 12.7. The number of amides is 1. The van der Waals surface area contributed by atoms with Crippen molar-refractivity contribution in [3.05, 3.63) is 99.9 Å². The number of aryl methyl sites for hydroxylation is 1. The third-order valence-corrected chi connectivity index (χ3v) is 4.88. The minimum absolute atomic E-state index is 0.0254. The highest BCUT2D eigenvalue weighted by atomic mass is 16.5. The number of hydrogen-bond acceptors (Lipinski definition) is 7. The molecule has 0 aliphatic rings. The molecule has 0 saturated heterocycles. The first-order valence-electron chi connectivity index (χ1n) is 10.2. The Morgan fingerprint density at radius 1 is 1.03 bits per heavy atom. The number of carbonyl (C=O) groups is 1. The lowest BCUT2D eigenvalue weighted by Crippen LogP contribution is -2.25. The van der Waals surface area contributed by atoms with Crippen LogP contribution in [0.2, 0.25) is 0 Å². The molecule has 0 bridgehead atoms. The molecule has 2 N–H and O–H groups in total. The fourth-order valence-corrected chi connectivity index (χ4v) is 3.06. The van der Waals surface area contributed by atoms with E-state index >= 15 is 0 Å². The van der Waals surface area contributed by atoms with Crippen LogP contribution in [0.15, 0.2) is 97.3 Å². The minimum atomic E-state index is -0.791.